The summed E-state index contributed by atoms with van der Waals surface area (Å²) >= 11 is 1.85. The second-order valence-electron chi connectivity index (χ2n) is 5.08. The van der Waals surface area contributed by atoms with E-state index in [1.807, 2.05) is 11.8 Å². The Kier molecular flexibility index (Phi) is 3.66. The molecule has 2 aliphatic rings. The van der Waals surface area contributed by atoms with Crippen LogP contribution in [0.2, 0.25) is 0 Å². The Balaban J connectivity index is 2.06. The molecule has 17 heavy (non-hydrogen) atoms. The van der Waals surface area contributed by atoms with E-state index in [4.69, 9.17) is 0 Å². The van der Waals surface area contributed by atoms with Crippen LogP contribution in [0.1, 0.15) is 32.6 Å². The van der Waals surface area contributed by atoms with Crippen molar-refractivity contribution in [3.8, 4) is 0 Å². The van der Waals surface area contributed by atoms with Gasteiger partial charge in [0.1, 0.15) is 6.04 Å². The number of nitrogens with zero attached hydrogens (tertiary/aromatic N) is 1. The molecule has 1 aliphatic carbocycles. The number of piperazine rings is 1. The maximum atomic E-state index is 12.0. The van der Waals surface area contributed by atoms with Crippen LogP contribution < -0.4 is 5.32 Å². The van der Waals surface area contributed by atoms with E-state index in [1.54, 1.807) is 11.8 Å². The molecule has 0 aromatic carbocycles. The molecule has 1 unspecified atom stereocenters. The monoisotopic (exact) mass is 256 g/mol. The van der Waals surface area contributed by atoms with Gasteiger partial charge in [-0.25, -0.2) is 0 Å². The summed E-state index contributed by atoms with van der Waals surface area (Å²) in [5, 5.41) is 2.68. The number of thioether (sulfide) groups is 1. The first-order valence-corrected chi connectivity index (χ1v) is 7.42. The Morgan fingerprint density at radius 3 is 2.65 bits per heavy atom. The molecule has 1 atom stereocenters. The topological polar surface area (TPSA) is 49.4 Å². The molecular formula is C12H20N2O2S. The first-order chi connectivity index (χ1) is 8.06. The van der Waals surface area contributed by atoms with Crippen LogP contribution in [0.3, 0.4) is 0 Å². The van der Waals surface area contributed by atoms with Gasteiger partial charge in [-0.1, -0.05) is 12.8 Å². The molecule has 4 nitrogen and oxygen atoms in total. The van der Waals surface area contributed by atoms with Crippen molar-refractivity contribution in [1.29, 1.82) is 0 Å². The number of amides is 2. The first kappa shape index (κ1) is 12.7. The van der Waals surface area contributed by atoms with Crippen LogP contribution in [0, 0.1) is 0 Å². The molecule has 0 radical (unpaired) electrons. The van der Waals surface area contributed by atoms with Crippen LogP contribution >= 0.6 is 11.8 Å². The third-order valence-corrected chi connectivity index (χ3v) is 5.22. The Bertz CT molecular complexity index is 326. The minimum atomic E-state index is -0.364. The van der Waals surface area contributed by atoms with Crippen molar-refractivity contribution in [2.45, 2.75) is 43.4 Å². The molecule has 1 N–H and O–H groups in total. The molecule has 2 fully saturated rings. The Hall–Kier alpha value is -0.710. The summed E-state index contributed by atoms with van der Waals surface area (Å²) in [6, 6.07) is -0.364. The van der Waals surface area contributed by atoms with Crippen molar-refractivity contribution in [1.82, 2.24) is 10.2 Å². The van der Waals surface area contributed by atoms with Crippen molar-refractivity contribution >= 4 is 23.6 Å². The summed E-state index contributed by atoms with van der Waals surface area (Å²) in [6.45, 7) is 2.71. The lowest BCUT2D eigenvalue weighted by Crippen LogP contribution is -2.59. The Morgan fingerprint density at radius 2 is 2.06 bits per heavy atom. The average Bonchev–Trinajstić information content (AvgIpc) is 2.74. The lowest BCUT2D eigenvalue weighted by Gasteiger charge is -2.37. The molecular weight excluding hydrogens is 236 g/mol. The van der Waals surface area contributed by atoms with Crippen molar-refractivity contribution in [2.24, 2.45) is 0 Å². The predicted octanol–water partition coefficient (Wildman–Crippen LogP) is 1.01. The number of hydrogen-bond donors (Lipinski definition) is 1. The van der Waals surface area contributed by atoms with Crippen LogP contribution in [-0.4, -0.2) is 46.8 Å². The largest absolute Gasteiger partial charge is 0.343 e. The Labute approximate surface area is 106 Å². The van der Waals surface area contributed by atoms with E-state index >= 15 is 0 Å². The van der Waals surface area contributed by atoms with Crippen molar-refractivity contribution in [2.75, 3.05) is 19.3 Å². The van der Waals surface area contributed by atoms with Crippen molar-refractivity contribution in [3.63, 3.8) is 0 Å². The second kappa shape index (κ2) is 4.88. The molecule has 2 amide bonds. The summed E-state index contributed by atoms with van der Waals surface area (Å²) < 4.78 is 0.188. The third-order valence-electron chi connectivity index (χ3n) is 3.82. The second-order valence-corrected chi connectivity index (χ2v) is 6.35. The summed E-state index contributed by atoms with van der Waals surface area (Å²) in [7, 11) is 0. The van der Waals surface area contributed by atoms with Gasteiger partial charge < -0.3 is 10.2 Å². The molecule has 2 rings (SSSR count). The van der Waals surface area contributed by atoms with E-state index in [9.17, 15) is 9.59 Å². The van der Waals surface area contributed by atoms with Crippen LogP contribution in [0.5, 0.6) is 0 Å². The van der Waals surface area contributed by atoms with E-state index in [0.717, 1.165) is 19.4 Å². The first-order valence-electron chi connectivity index (χ1n) is 6.20. The van der Waals surface area contributed by atoms with Gasteiger partial charge in [-0.05, 0) is 26.0 Å². The highest BCUT2D eigenvalue weighted by molar-refractivity contribution is 8.00. The summed E-state index contributed by atoms with van der Waals surface area (Å²) in [6.07, 6.45) is 6.92. The zero-order valence-electron chi connectivity index (χ0n) is 10.5. The average molecular weight is 256 g/mol. The molecule has 0 aromatic heterocycles. The maximum absolute atomic E-state index is 12.0. The predicted molar refractivity (Wildman–Crippen MR) is 68.9 cm³/mol. The standard InChI is InChI=1S/C12H20N2O2S/c1-9-11(16)14(7-10(15)13-9)8-12(17-2)5-3-4-6-12/h9H,3-8H2,1-2H3,(H,13,15). The molecule has 96 valence electrons. The molecule has 0 aromatic rings. The van der Waals surface area contributed by atoms with Gasteiger partial charge in [-0.3, -0.25) is 9.59 Å². The van der Waals surface area contributed by atoms with Gasteiger partial charge in [-0.2, -0.15) is 11.8 Å². The van der Waals surface area contributed by atoms with Gasteiger partial charge in [0.15, 0.2) is 0 Å². The van der Waals surface area contributed by atoms with E-state index in [1.165, 1.54) is 12.8 Å². The molecule has 1 aliphatic heterocycles. The summed E-state index contributed by atoms with van der Waals surface area (Å²) in [5.74, 6) is 0.0243. The van der Waals surface area contributed by atoms with Gasteiger partial charge >= 0.3 is 0 Å². The fourth-order valence-corrected chi connectivity index (χ4v) is 3.78. The number of carbonyl (C=O) groups is 2. The minimum Gasteiger partial charge on any atom is -0.343 e. The fraction of sp³-hybridized carbons (Fsp3) is 0.833. The van der Waals surface area contributed by atoms with Gasteiger partial charge in [-0.15, -0.1) is 0 Å². The quantitative estimate of drug-likeness (QED) is 0.820. The van der Waals surface area contributed by atoms with Crippen LogP contribution in [0.25, 0.3) is 0 Å². The molecule has 1 saturated carbocycles. The van der Waals surface area contributed by atoms with Crippen LogP contribution in [0.15, 0.2) is 0 Å². The minimum absolute atomic E-state index is 0.0358. The molecule has 1 heterocycles. The van der Waals surface area contributed by atoms with Crippen LogP contribution in [-0.2, 0) is 9.59 Å². The number of carbonyl (C=O) groups excluding carboxylic acids is 2. The summed E-state index contributed by atoms with van der Waals surface area (Å²) in [4.78, 5) is 25.2. The van der Waals surface area contributed by atoms with Gasteiger partial charge in [0.2, 0.25) is 11.8 Å². The molecule has 0 spiro atoms. The van der Waals surface area contributed by atoms with E-state index in [2.05, 4.69) is 11.6 Å². The highest BCUT2D eigenvalue weighted by Crippen LogP contribution is 2.40. The van der Waals surface area contributed by atoms with Crippen molar-refractivity contribution in [3.05, 3.63) is 0 Å². The van der Waals surface area contributed by atoms with E-state index in [-0.39, 0.29) is 29.1 Å². The third kappa shape index (κ3) is 2.59. The SMILES string of the molecule is CSC1(CN2CC(=O)NC(C)C2=O)CCCC1. The molecule has 1 saturated heterocycles. The molecule has 5 heteroatoms. The normalized spacial score (nSPS) is 28.4. The molecule has 0 bridgehead atoms. The zero-order valence-corrected chi connectivity index (χ0v) is 11.3. The van der Waals surface area contributed by atoms with Gasteiger partial charge in [0, 0.05) is 11.3 Å². The highest BCUT2D eigenvalue weighted by atomic mass is 32.2. The van der Waals surface area contributed by atoms with E-state index < -0.39 is 0 Å². The number of nitrogens with one attached hydrogen (secondary N) is 1. The van der Waals surface area contributed by atoms with Crippen LogP contribution in [0.4, 0.5) is 0 Å². The smallest absolute Gasteiger partial charge is 0.245 e. The zero-order chi connectivity index (χ0) is 12.5. The van der Waals surface area contributed by atoms with Gasteiger partial charge in [0.05, 0.1) is 6.54 Å². The fourth-order valence-electron chi connectivity index (χ4n) is 2.80. The van der Waals surface area contributed by atoms with Gasteiger partial charge in [0.25, 0.3) is 0 Å². The lowest BCUT2D eigenvalue weighted by molar-refractivity contribution is -0.144. The van der Waals surface area contributed by atoms with E-state index in [0.29, 0.717) is 0 Å². The summed E-state index contributed by atoms with van der Waals surface area (Å²) in [5.41, 5.74) is 0. The Morgan fingerprint density at radius 1 is 1.41 bits per heavy atom. The maximum Gasteiger partial charge on any atom is 0.245 e. The number of rotatable bonds is 3. The lowest BCUT2D eigenvalue weighted by atomic mass is 10.1. The highest BCUT2D eigenvalue weighted by Gasteiger charge is 2.39. The van der Waals surface area contributed by atoms with Crippen molar-refractivity contribution < 1.29 is 9.59 Å². The number of hydrogen-bond acceptors (Lipinski definition) is 3.